The average Bonchev–Trinajstić information content (AvgIpc) is 3.16. The highest BCUT2D eigenvalue weighted by atomic mass is 32.2. The minimum absolute atomic E-state index is 0.0353. The summed E-state index contributed by atoms with van der Waals surface area (Å²) in [5, 5.41) is 10.3. The predicted molar refractivity (Wildman–Crippen MR) is 112 cm³/mol. The molecule has 0 saturated heterocycles. The summed E-state index contributed by atoms with van der Waals surface area (Å²) in [5.74, 6) is 0.829. The van der Waals surface area contributed by atoms with Crippen molar-refractivity contribution in [3.8, 4) is 0 Å². The van der Waals surface area contributed by atoms with Crippen molar-refractivity contribution in [3.63, 3.8) is 0 Å². The minimum atomic E-state index is -3.40. The number of nitrogens with zero attached hydrogens (tertiary/aromatic N) is 2. The van der Waals surface area contributed by atoms with Gasteiger partial charge in [0, 0.05) is 10.5 Å². The maximum Gasteiger partial charge on any atom is 0.322 e. The summed E-state index contributed by atoms with van der Waals surface area (Å²) in [7, 11) is -3.40. The Bertz CT molecular complexity index is 1090. The van der Waals surface area contributed by atoms with Gasteiger partial charge < -0.3 is 4.42 Å². The number of carbonyl (C=O) groups is 1. The monoisotopic (exact) mass is 431 g/mol. The van der Waals surface area contributed by atoms with E-state index in [1.54, 1.807) is 18.7 Å². The molecule has 1 amide bonds. The number of thioether (sulfide) groups is 1. The van der Waals surface area contributed by atoms with E-state index in [1.165, 1.54) is 29.2 Å². The van der Waals surface area contributed by atoms with Gasteiger partial charge in [-0.3, -0.25) is 10.1 Å². The fourth-order valence-corrected chi connectivity index (χ4v) is 4.17. The Balaban J connectivity index is 1.67. The summed E-state index contributed by atoms with van der Waals surface area (Å²) in [5.41, 5.74) is 1.22. The van der Waals surface area contributed by atoms with Gasteiger partial charge in [-0.15, -0.1) is 16.9 Å². The van der Waals surface area contributed by atoms with Crippen LogP contribution >= 0.6 is 11.8 Å². The van der Waals surface area contributed by atoms with Gasteiger partial charge in [0.1, 0.15) is 0 Å². The minimum Gasteiger partial charge on any atom is -0.407 e. The summed E-state index contributed by atoms with van der Waals surface area (Å²) in [6.45, 7) is 3.66. The Morgan fingerprint density at radius 1 is 1.10 bits per heavy atom. The molecule has 0 radical (unpaired) electrons. The molecule has 0 fully saturated rings. The van der Waals surface area contributed by atoms with Crippen molar-refractivity contribution in [2.75, 3.05) is 16.8 Å². The van der Waals surface area contributed by atoms with Crippen LogP contribution in [0.1, 0.15) is 35.7 Å². The van der Waals surface area contributed by atoms with Crippen LogP contribution in [0.2, 0.25) is 0 Å². The second-order valence-electron chi connectivity index (χ2n) is 6.14. The van der Waals surface area contributed by atoms with Crippen LogP contribution in [0.3, 0.4) is 0 Å². The number of sulfone groups is 1. The lowest BCUT2D eigenvalue weighted by atomic mass is 10.1. The first-order valence-electron chi connectivity index (χ1n) is 9.09. The van der Waals surface area contributed by atoms with Crippen LogP contribution in [-0.2, 0) is 16.3 Å². The summed E-state index contributed by atoms with van der Waals surface area (Å²) in [6.07, 6.45) is 0.449. The van der Waals surface area contributed by atoms with Crippen molar-refractivity contribution in [1.82, 2.24) is 10.2 Å². The summed E-state index contributed by atoms with van der Waals surface area (Å²) < 4.78 is 29.5. The molecule has 0 aliphatic rings. The maximum absolute atomic E-state index is 12.4. The van der Waals surface area contributed by atoms with Crippen molar-refractivity contribution < 1.29 is 17.6 Å². The number of carbonyl (C=O) groups excluding carboxylic acids is 1. The molecule has 152 valence electrons. The molecular formula is C20H21N3O4S2. The Hall–Kier alpha value is -2.65. The van der Waals surface area contributed by atoms with Gasteiger partial charge in [0.15, 0.2) is 9.84 Å². The van der Waals surface area contributed by atoms with E-state index in [-0.39, 0.29) is 22.2 Å². The van der Waals surface area contributed by atoms with Crippen molar-refractivity contribution in [1.29, 1.82) is 0 Å². The van der Waals surface area contributed by atoms with Crippen molar-refractivity contribution in [2.24, 2.45) is 0 Å². The van der Waals surface area contributed by atoms with Crippen molar-refractivity contribution >= 4 is 33.5 Å². The predicted octanol–water partition coefficient (Wildman–Crippen LogP) is 3.82. The third-order valence-electron chi connectivity index (χ3n) is 4.11. The van der Waals surface area contributed by atoms with Crippen LogP contribution in [0.15, 0.2) is 62.7 Å². The lowest BCUT2D eigenvalue weighted by molar-refractivity contribution is 0.102. The number of benzene rings is 2. The molecule has 7 nitrogen and oxygen atoms in total. The first kappa shape index (κ1) is 21.1. The highest BCUT2D eigenvalue weighted by Gasteiger charge is 2.16. The van der Waals surface area contributed by atoms with Crippen LogP contribution in [0.5, 0.6) is 0 Å². The molecule has 0 aliphatic heterocycles. The smallest absolute Gasteiger partial charge is 0.322 e. The third-order valence-corrected chi connectivity index (χ3v) is 6.74. The topological polar surface area (TPSA) is 102 Å². The largest absolute Gasteiger partial charge is 0.407 e. The third kappa shape index (κ3) is 5.45. The fraction of sp³-hybridized carbons (Fsp3) is 0.250. The molecule has 0 aliphatic carbocycles. The quantitative estimate of drug-likeness (QED) is 0.541. The number of nitrogens with one attached hydrogen (secondary N) is 1. The van der Waals surface area contributed by atoms with E-state index in [0.717, 1.165) is 11.3 Å². The molecule has 1 aromatic heterocycles. The van der Waals surface area contributed by atoms with Gasteiger partial charge in [0.25, 0.3) is 5.91 Å². The summed E-state index contributed by atoms with van der Waals surface area (Å²) in [4.78, 5) is 13.7. The Kier molecular flexibility index (Phi) is 6.71. The van der Waals surface area contributed by atoms with E-state index >= 15 is 0 Å². The Labute approximate surface area is 173 Å². The highest BCUT2D eigenvalue weighted by molar-refractivity contribution is 7.99. The van der Waals surface area contributed by atoms with E-state index < -0.39 is 15.7 Å². The molecule has 1 heterocycles. The van der Waals surface area contributed by atoms with E-state index in [2.05, 4.69) is 22.4 Å². The lowest BCUT2D eigenvalue weighted by Crippen LogP contribution is -2.13. The van der Waals surface area contributed by atoms with E-state index in [4.69, 9.17) is 4.42 Å². The zero-order valence-corrected chi connectivity index (χ0v) is 17.7. The van der Waals surface area contributed by atoms with E-state index in [1.807, 2.05) is 24.3 Å². The fourth-order valence-electron chi connectivity index (χ4n) is 2.59. The Morgan fingerprint density at radius 3 is 2.55 bits per heavy atom. The number of hydrogen-bond acceptors (Lipinski definition) is 7. The second-order valence-corrected chi connectivity index (χ2v) is 9.76. The number of anilines is 1. The van der Waals surface area contributed by atoms with Gasteiger partial charge in [-0.25, -0.2) is 8.42 Å². The van der Waals surface area contributed by atoms with Gasteiger partial charge in [-0.2, -0.15) is 0 Å². The second kappa shape index (κ2) is 9.23. The molecule has 0 atom stereocenters. The summed E-state index contributed by atoms with van der Waals surface area (Å²) in [6, 6.07) is 13.9. The lowest BCUT2D eigenvalue weighted by Gasteiger charge is -2.04. The first-order valence-corrected chi connectivity index (χ1v) is 11.7. The average molecular weight is 432 g/mol. The zero-order valence-electron chi connectivity index (χ0n) is 16.1. The molecule has 2 aromatic carbocycles. The Morgan fingerprint density at radius 2 is 1.86 bits per heavy atom. The SMILES string of the molecule is CCSc1ccc(Cc2nnc(NC(=O)c3cccc(S(=O)(=O)CC)c3)o2)cc1. The van der Waals surface area contributed by atoms with Gasteiger partial charge in [-0.05, 0) is 41.6 Å². The molecule has 1 N–H and O–H groups in total. The number of hydrogen-bond donors (Lipinski definition) is 1. The van der Waals surface area contributed by atoms with Gasteiger partial charge in [0.05, 0.1) is 17.1 Å². The number of rotatable bonds is 8. The standard InChI is InChI=1S/C20H21N3O4S2/c1-3-28-16-10-8-14(9-11-16)12-18-22-23-20(27-18)21-19(24)15-6-5-7-17(13-15)29(25,26)4-2/h5-11,13H,3-4,12H2,1-2H3,(H,21,23,24). The molecule has 29 heavy (non-hydrogen) atoms. The molecule has 3 aromatic rings. The molecule has 9 heteroatoms. The van der Waals surface area contributed by atoms with E-state index in [9.17, 15) is 13.2 Å². The van der Waals surface area contributed by atoms with Crippen LogP contribution in [-0.4, -0.2) is 36.0 Å². The van der Waals surface area contributed by atoms with Crippen molar-refractivity contribution in [3.05, 3.63) is 65.5 Å². The number of aromatic nitrogens is 2. The van der Waals surface area contributed by atoms with Crippen LogP contribution in [0, 0.1) is 0 Å². The highest BCUT2D eigenvalue weighted by Crippen LogP contribution is 2.20. The summed E-state index contributed by atoms with van der Waals surface area (Å²) >= 11 is 1.77. The molecular weight excluding hydrogens is 410 g/mol. The number of amides is 1. The van der Waals surface area contributed by atoms with Gasteiger partial charge in [0.2, 0.25) is 5.89 Å². The van der Waals surface area contributed by atoms with E-state index in [0.29, 0.717) is 12.3 Å². The molecule has 0 unspecified atom stereocenters. The van der Waals surface area contributed by atoms with Gasteiger partial charge >= 0.3 is 6.01 Å². The molecule has 3 rings (SSSR count). The van der Waals surface area contributed by atoms with Gasteiger partial charge in [-0.1, -0.05) is 37.1 Å². The zero-order chi connectivity index (χ0) is 20.9. The molecule has 0 spiro atoms. The van der Waals surface area contributed by atoms with Crippen LogP contribution in [0.25, 0.3) is 0 Å². The maximum atomic E-state index is 12.4. The van der Waals surface area contributed by atoms with Crippen LogP contribution < -0.4 is 5.32 Å². The normalized spacial score (nSPS) is 11.4. The molecule has 0 saturated carbocycles. The molecule has 0 bridgehead atoms. The first-order chi connectivity index (χ1) is 13.9. The van der Waals surface area contributed by atoms with Crippen molar-refractivity contribution in [2.45, 2.75) is 30.1 Å². The van der Waals surface area contributed by atoms with Crippen LogP contribution in [0.4, 0.5) is 6.01 Å².